The number of fused-ring (bicyclic) bond motifs is 2. The fourth-order valence-corrected chi connectivity index (χ4v) is 4.45. The highest BCUT2D eigenvalue weighted by atomic mass is 16.5. The van der Waals surface area contributed by atoms with Crippen LogP contribution in [0.5, 0.6) is 5.75 Å². The predicted molar refractivity (Wildman–Crippen MR) is 116 cm³/mol. The molecule has 2 aliphatic heterocycles. The summed E-state index contributed by atoms with van der Waals surface area (Å²) in [5.41, 5.74) is 2.70. The molecule has 1 fully saturated rings. The van der Waals surface area contributed by atoms with Crippen molar-refractivity contribution in [2.45, 2.75) is 31.8 Å². The summed E-state index contributed by atoms with van der Waals surface area (Å²) in [7, 11) is 0. The van der Waals surface area contributed by atoms with Crippen LogP contribution in [0.4, 0.5) is 5.69 Å². The first kappa shape index (κ1) is 18.7. The van der Waals surface area contributed by atoms with Gasteiger partial charge >= 0.3 is 0 Å². The highest BCUT2D eigenvalue weighted by Crippen LogP contribution is 2.34. The van der Waals surface area contributed by atoms with Gasteiger partial charge in [0.25, 0.3) is 5.91 Å². The maximum Gasteiger partial charge on any atom is 0.265 e. The van der Waals surface area contributed by atoms with Gasteiger partial charge in [-0.15, -0.1) is 0 Å². The molecule has 1 aromatic heterocycles. The molecule has 6 heteroatoms. The van der Waals surface area contributed by atoms with E-state index in [9.17, 15) is 9.59 Å². The number of likely N-dealkylation sites (tertiary alicyclic amines) is 1. The summed E-state index contributed by atoms with van der Waals surface area (Å²) in [5, 5.41) is 1.05. The normalized spacial score (nSPS) is 18.7. The van der Waals surface area contributed by atoms with Gasteiger partial charge in [0.15, 0.2) is 6.10 Å². The molecule has 0 radical (unpaired) electrons. The van der Waals surface area contributed by atoms with Crippen molar-refractivity contribution < 1.29 is 14.3 Å². The number of carbonyl (C=O) groups is 2. The first-order valence-corrected chi connectivity index (χ1v) is 10.6. The third kappa shape index (κ3) is 3.43. The van der Waals surface area contributed by atoms with Crippen molar-refractivity contribution in [2.75, 3.05) is 24.5 Å². The lowest BCUT2D eigenvalue weighted by Gasteiger charge is -2.37. The molecule has 0 saturated carbocycles. The van der Waals surface area contributed by atoms with Crippen LogP contribution in [-0.2, 0) is 16.0 Å². The standard InChI is InChI=1S/C24H25N3O3/c28-23(14-17-15-25-19-9-3-2-8-18(17)19)27-16-22(24(29)26-12-6-1-7-13-26)30-21-11-5-4-10-20(21)27/h2-5,8-11,15,22,25H,1,6-7,12-14,16H2/t22-/m1/s1. The molecule has 1 N–H and O–H groups in total. The van der Waals surface area contributed by atoms with Crippen LogP contribution in [-0.4, -0.2) is 47.4 Å². The van der Waals surface area contributed by atoms with Gasteiger partial charge in [0.2, 0.25) is 5.91 Å². The molecule has 30 heavy (non-hydrogen) atoms. The van der Waals surface area contributed by atoms with E-state index >= 15 is 0 Å². The third-order valence-electron chi connectivity index (χ3n) is 6.03. The molecule has 0 bridgehead atoms. The summed E-state index contributed by atoms with van der Waals surface area (Å²) >= 11 is 0. The van der Waals surface area contributed by atoms with Gasteiger partial charge in [-0.3, -0.25) is 9.59 Å². The molecule has 154 valence electrons. The zero-order valence-electron chi connectivity index (χ0n) is 16.8. The Labute approximate surface area is 175 Å². The van der Waals surface area contributed by atoms with Crippen LogP contribution in [0.15, 0.2) is 54.7 Å². The number of hydrogen-bond donors (Lipinski definition) is 1. The minimum atomic E-state index is -0.662. The molecule has 0 spiro atoms. The lowest BCUT2D eigenvalue weighted by molar-refractivity contribution is -0.139. The Morgan fingerprint density at radius 2 is 1.77 bits per heavy atom. The summed E-state index contributed by atoms with van der Waals surface area (Å²) in [6.45, 7) is 1.78. The number of benzene rings is 2. The van der Waals surface area contributed by atoms with Gasteiger partial charge in [0.1, 0.15) is 5.75 Å². The minimum Gasteiger partial charge on any atom is -0.476 e. The number of aromatic amines is 1. The number of rotatable bonds is 3. The van der Waals surface area contributed by atoms with E-state index in [4.69, 9.17) is 4.74 Å². The Kier molecular flexibility index (Phi) is 4.91. The molecular formula is C24H25N3O3. The Morgan fingerprint density at radius 1 is 1.00 bits per heavy atom. The summed E-state index contributed by atoms with van der Waals surface area (Å²) in [6.07, 6.45) is 4.71. The van der Waals surface area contributed by atoms with E-state index < -0.39 is 6.10 Å². The topological polar surface area (TPSA) is 65.6 Å². The van der Waals surface area contributed by atoms with E-state index in [1.165, 1.54) is 0 Å². The number of amides is 2. The molecule has 5 rings (SSSR count). The third-order valence-corrected chi connectivity index (χ3v) is 6.03. The van der Waals surface area contributed by atoms with E-state index in [1.54, 1.807) is 4.90 Å². The number of ether oxygens (including phenoxy) is 1. The average Bonchev–Trinajstić information content (AvgIpc) is 3.21. The van der Waals surface area contributed by atoms with Gasteiger partial charge in [-0.25, -0.2) is 0 Å². The number of piperidine rings is 1. The van der Waals surface area contributed by atoms with Crippen molar-refractivity contribution in [2.24, 2.45) is 0 Å². The smallest absolute Gasteiger partial charge is 0.265 e. The van der Waals surface area contributed by atoms with Crippen LogP contribution in [0.2, 0.25) is 0 Å². The van der Waals surface area contributed by atoms with Crippen LogP contribution in [0.3, 0.4) is 0 Å². The molecule has 3 aromatic rings. The monoisotopic (exact) mass is 403 g/mol. The molecule has 0 aliphatic carbocycles. The summed E-state index contributed by atoms with van der Waals surface area (Å²) < 4.78 is 6.04. The summed E-state index contributed by atoms with van der Waals surface area (Å²) in [6, 6.07) is 15.4. The second-order valence-corrected chi connectivity index (χ2v) is 8.00. The highest BCUT2D eigenvalue weighted by Gasteiger charge is 2.36. The highest BCUT2D eigenvalue weighted by molar-refractivity contribution is 6.00. The van der Waals surface area contributed by atoms with E-state index in [2.05, 4.69) is 4.98 Å². The summed E-state index contributed by atoms with van der Waals surface area (Å²) in [4.78, 5) is 33.3. The van der Waals surface area contributed by atoms with Crippen LogP contribution in [0.1, 0.15) is 24.8 Å². The molecule has 0 unspecified atom stereocenters. The Hall–Kier alpha value is -3.28. The minimum absolute atomic E-state index is 0.0194. The van der Waals surface area contributed by atoms with Crippen LogP contribution in [0, 0.1) is 0 Å². The van der Waals surface area contributed by atoms with Crippen LogP contribution in [0.25, 0.3) is 10.9 Å². The summed E-state index contributed by atoms with van der Waals surface area (Å²) in [5.74, 6) is 0.535. The molecule has 2 aromatic carbocycles. The first-order valence-electron chi connectivity index (χ1n) is 10.6. The van der Waals surface area contributed by atoms with E-state index in [0.717, 1.165) is 54.5 Å². The number of anilines is 1. The SMILES string of the molecule is O=C([C@H]1CN(C(=O)Cc2c[nH]c3ccccc23)c2ccccc2O1)N1CCCCC1. The molecule has 6 nitrogen and oxygen atoms in total. The maximum absolute atomic E-state index is 13.3. The molecule has 3 heterocycles. The lowest BCUT2D eigenvalue weighted by atomic mass is 10.1. The molecule has 2 amide bonds. The Balaban J connectivity index is 1.41. The van der Waals surface area contributed by atoms with Crippen LogP contribution < -0.4 is 9.64 Å². The number of nitrogens with one attached hydrogen (secondary N) is 1. The average molecular weight is 403 g/mol. The van der Waals surface area contributed by atoms with Crippen molar-refractivity contribution >= 4 is 28.4 Å². The van der Waals surface area contributed by atoms with Gasteiger partial charge in [-0.1, -0.05) is 30.3 Å². The van der Waals surface area contributed by atoms with Gasteiger partial charge in [0, 0.05) is 30.2 Å². The number of aromatic nitrogens is 1. The van der Waals surface area contributed by atoms with E-state index in [0.29, 0.717) is 5.75 Å². The molecule has 2 aliphatic rings. The zero-order chi connectivity index (χ0) is 20.5. The Bertz CT molecular complexity index is 1080. The largest absolute Gasteiger partial charge is 0.476 e. The maximum atomic E-state index is 13.3. The number of H-pyrrole nitrogens is 1. The quantitative estimate of drug-likeness (QED) is 0.728. The molecule has 1 atom stereocenters. The lowest BCUT2D eigenvalue weighted by Crippen LogP contribution is -2.53. The fraction of sp³-hybridized carbons (Fsp3) is 0.333. The van der Waals surface area contributed by atoms with Crippen molar-refractivity contribution in [1.29, 1.82) is 0 Å². The number of nitrogens with zero attached hydrogens (tertiary/aromatic N) is 2. The van der Waals surface area contributed by atoms with Crippen molar-refractivity contribution in [3.8, 4) is 5.75 Å². The van der Waals surface area contributed by atoms with Crippen molar-refractivity contribution in [3.05, 3.63) is 60.3 Å². The number of para-hydroxylation sites is 3. The van der Waals surface area contributed by atoms with Crippen molar-refractivity contribution in [3.63, 3.8) is 0 Å². The van der Waals surface area contributed by atoms with Gasteiger partial charge in [-0.2, -0.15) is 0 Å². The molecular weight excluding hydrogens is 378 g/mol. The Morgan fingerprint density at radius 3 is 2.63 bits per heavy atom. The second kappa shape index (κ2) is 7.86. The number of hydrogen-bond acceptors (Lipinski definition) is 3. The van der Waals surface area contributed by atoms with Gasteiger partial charge in [0.05, 0.1) is 18.7 Å². The van der Waals surface area contributed by atoms with Crippen molar-refractivity contribution in [1.82, 2.24) is 9.88 Å². The van der Waals surface area contributed by atoms with E-state index in [1.807, 2.05) is 59.6 Å². The van der Waals surface area contributed by atoms with Gasteiger partial charge in [-0.05, 0) is 43.0 Å². The molecule has 1 saturated heterocycles. The zero-order valence-corrected chi connectivity index (χ0v) is 16.8. The fourth-order valence-electron chi connectivity index (χ4n) is 4.45. The predicted octanol–water partition coefficient (Wildman–Crippen LogP) is 3.52. The second-order valence-electron chi connectivity index (χ2n) is 8.00. The van der Waals surface area contributed by atoms with Crippen LogP contribution >= 0.6 is 0 Å². The van der Waals surface area contributed by atoms with Gasteiger partial charge < -0.3 is 19.5 Å². The first-order chi connectivity index (χ1) is 14.7. The van der Waals surface area contributed by atoms with E-state index in [-0.39, 0.29) is 24.8 Å². The number of carbonyl (C=O) groups excluding carboxylic acids is 2.